The summed E-state index contributed by atoms with van der Waals surface area (Å²) >= 11 is 0. The third kappa shape index (κ3) is 4.90. The average molecular weight is 434 g/mol. The summed E-state index contributed by atoms with van der Waals surface area (Å²) in [5, 5.41) is 4.02. The van der Waals surface area contributed by atoms with Crippen molar-refractivity contribution in [2.24, 2.45) is 5.11 Å². The molecule has 2 aromatic rings. The first kappa shape index (κ1) is 22.2. The van der Waals surface area contributed by atoms with Crippen molar-refractivity contribution < 1.29 is 9.53 Å². The van der Waals surface area contributed by atoms with Gasteiger partial charge in [0.05, 0.1) is 6.04 Å². The molecule has 2 saturated heterocycles. The van der Waals surface area contributed by atoms with Crippen molar-refractivity contribution in [1.82, 2.24) is 9.80 Å². The smallest absolute Gasteiger partial charge is 0.410 e. The standard InChI is InChI=1S/C25H31N5O2/c1-25(2,3)32-24(31)29-16-21-14-20(27-28-26)15-30(21)22(17-29)23(18-10-6-4-7-11-18)19-12-8-5-9-13-19/h4-13,20-23H,14-17H2,1-3H3. The Kier molecular flexibility index (Phi) is 6.40. The third-order valence-electron chi connectivity index (χ3n) is 6.27. The number of carbonyl (C=O) groups is 1. The molecule has 32 heavy (non-hydrogen) atoms. The Morgan fingerprint density at radius 2 is 1.62 bits per heavy atom. The van der Waals surface area contributed by atoms with E-state index in [0.29, 0.717) is 19.6 Å². The number of rotatable bonds is 4. The molecule has 0 aliphatic carbocycles. The van der Waals surface area contributed by atoms with Crippen LogP contribution in [0.15, 0.2) is 65.8 Å². The normalized spacial score (nSPS) is 23.5. The number of amides is 1. The van der Waals surface area contributed by atoms with E-state index in [1.807, 2.05) is 37.8 Å². The molecular formula is C25H31N5O2. The number of hydrogen-bond acceptors (Lipinski definition) is 4. The first-order valence-electron chi connectivity index (χ1n) is 11.2. The predicted octanol–water partition coefficient (Wildman–Crippen LogP) is 5.19. The molecular weight excluding hydrogens is 402 g/mol. The van der Waals surface area contributed by atoms with Crippen LogP contribution in [0.25, 0.3) is 10.4 Å². The highest BCUT2D eigenvalue weighted by Crippen LogP contribution is 2.38. The van der Waals surface area contributed by atoms with Crippen LogP contribution >= 0.6 is 0 Å². The van der Waals surface area contributed by atoms with E-state index < -0.39 is 5.60 Å². The van der Waals surface area contributed by atoms with Crippen molar-refractivity contribution >= 4 is 6.09 Å². The number of piperazine rings is 1. The van der Waals surface area contributed by atoms with Crippen molar-refractivity contribution in [3.63, 3.8) is 0 Å². The summed E-state index contributed by atoms with van der Waals surface area (Å²) in [6.07, 6.45) is 0.463. The Balaban J connectivity index is 1.73. The predicted molar refractivity (Wildman–Crippen MR) is 124 cm³/mol. The van der Waals surface area contributed by atoms with Gasteiger partial charge in [0.25, 0.3) is 0 Å². The van der Waals surface area contributed by atoms with Gasteiger partial charge in [0.15, 0.2) is 0 Å². The van der Waals surface area contributed by atoms with Crippen molar-refractivity contribution in [2.45, 2.75) is 56.8 Å². The molecule has 4 rings (SSSR count). The Hall–Kier alpha value is -3.02. The van der Waals surface area contributed by atoms with E-state index in [-0.39, 0.29) is 30.1 Å². The van der Waals surface area contributed by atoms with Crippen molar-refractivity contribution in [3.8, 4) is 0 Å². The van der Waals surface area contributed by atoms with Gasteiger partial charge in [0.1, 0.15) is 5.60 Å². The maximum absolute atomic E-state index is 13.1. The van der Waals surface area contributed by atoms with E-state index in [9.17, 15) is 4.79 Å². The van der Waals surface area contributed by atoms with Gasteiger partial charge in [-0.25, -0.2) is 4.79 Å². The van der Waals surface area contributed by atoms with Gasteiger partial charge in [0.2, 0.25) is 0 Å². The minimum atomic E-state index is -0.550. The first-order valence-corrected chi connectivity index (χ1v) is 11.2. The monoisotopic (exact) mass is 433 g/mol. The van der Waals surface area contributed by atoms with Gasteiger partial charge in [-0.2, -0.15) is 0 Å². The van der Waals surface area contributed by atoms with Crippen molar-refractivity contribution in [1.29, 1.82) is 0 Å². The van der Waals surface area contributed by atoms with Gasteiger partial charge in [-0.3, -0.25) is 4.90 Å². The zero-order valence-corrected chi connectivity index (χ0v) is 19.0. The van der Waals surface area contributed by atoms with Gasteiger partial charge in [-0.15, -0.1) is 0 Å². The Labute approximate surface area is 189 Å². The Morgan fingerprint density at radius 1 is 1.03 bits per heavy atom. The molecule has 7 heteroatoms. The molecule has 0 aromatic heterocycles. The number of carbonyl (C=O) groups excluding carboxylic acids is 1. The molecule has 2 fully saturated rings. The summed E-state index contributed by atoms with van der Waals surface area (Å²) in [5.74, 6) is 0.0787. The van der Waals surface area contributed by atoms with Gasteiger partial charge in [0, 0.05) is 42.5 Å². The SMILES string of the molecule is CC(C)(C)OC(=O)N1CC2CC(N=[N+]=[N-])CN2C(C(c2ccccc2)c2ccccc2)C1. The quantitative estimate of drug-likeness (QED) is 0.378. The summed E-state index contributed by atoms with van der Waals surface area (Å²) in [7, 11) is 0. The van der Waals surface area contributed by atoms with Crippen LogP contribution in [0.5, 0.6) is 0 Å². The molecule has 3 unspecified atom stereocenters. The molecule has 1 amide bonds. The number of fused-ring (bicyclic) bond motifs is 1. The lowest BCUT2D eigenvalue weighted by atomic mass is 9.82. The van der Waals surface area contributed by atoms with Crippen molar-refractivity contribution in [3.05, 3.63) is 82.2 Å². The van der Waals surface area contributed by atoms with Gasteiger partial charge in [-0.05, 0) is 43.9 Å². The summed E-state index contributed by atoms with van der Waals surface area (Å²) in [4.78, 5) is 20.4. The summed E-state index contributed by atoms with van der Waals surface area (Å²) in [5.41, 5.74) is 10.9. The lowest BCUT2D eigenvalue weighted by molar-refractivity contribution is -0.00662. The van der Waals surface area contributed by atoms with Crippen LogP contribution in [0, 0.1) is 0 Å². The minimum Gasteiger partial charge on any atom is -0.444 e. The van der Waals surface area contributed by atoms with E-state index in [2.05, 4.69) is 63.5 Å². The largest absolute Gasteiger partial charge is 0.444 e. The number of benzene rings is 2. The van der Waals surface area contributed by atoms with E-state index >= 15 is 0 Å². The second-order valence-electron chi connectivity index (χ2n) is 9.70. The average Bonchev–Trinajstić information content (AvgIpc) is 3.17. The van der Waals surface area contributed by atoms with Crippen LogP contribution in [0.1, 0.15) is 44.2 Å². The summed E-state index contributed by atoms with van der Waals surface area (Å²) in [6.45, 7) is 7.52. The molecule has 0 spiro atoms. The molecule has 168 valence electrons. The van der Waals surface area contributed by atoms with E-state index in [0.717, 1.165) is 6.42 Å². The second kappa shape index (κ2) is 9.23. The lowest BCUT2D eigenvalue weighted by Gasteiger charge is -2.47. The van der Waals surface area contributed by atoms with Crippen LogP contribution < -0.4 is 0 Å². The molecule has 2 aliphatic rings. The van der Waals surface area contributed by atoms with Crippen LogP contribution in [0.2, 0.25) is 0 Å². The molecule has 0 radical (unpaired) electrons. The molecule has 7 nitrogen and oxygen atoms in total. The van der Waals surface area contributed by atoms with Crippen molar-refractivity contribution in [2.75, 3.05) is 19.6 Å². The highest BCUT2D eigenvalue weighted by molar-refractivity contribution is 5.68. The molecule has 0 bridgehead atoms. The maximum atomic E-state index is 13.1. The first-order chi connectivity index (χ1) is 15.4. The summed E-state index contributed by atoms with van der Waals surface area (Å²) in [6, 6.07) is 21.0. The Morgan fingerprint density at radius 3 is 2.16 bits per heavy atom. The number of ether oxygens (including phenoxy) is 1. The highest BCUT2D eigenvalue weighted by Gasteiger charge is 2.46. The van der Waals surface area contributed by atoms with Crippen LogP contribution in [0.4, 0.5) is 4.79 Å². The number of azide groups is 1. The molecule has 0 N–H and O–H groups in total. The molecule has 2 aliphatic heterocycles. The second-order valence-corrected chi connectivity index (χ2v) is 9.70. The fraction of sp³-hybridized carbons (Fsp3) is 0.480. The van der Waals surface area contributed by atoms with Gasteiger partial charge >= 0.3 is 6.09 Å². The van der Waals surface area contributed by atoms with E-state index in [1.165, 1.54) is 11.1 Å². The van der Waals surface area contributed by atoms with Gasteiger partial charge in [-0.1, -0.05) is 65.8 Å². The maximum Gasteiger partial charge on any atom is 0.410 e. The highest BCUT2D eigenvalue weighted by atomic mass is 16.6. The topological polar surface area (TPSA) is 81.5 Å². The summed E-state index contributed by atoms with van der Waals surface area (Å²) < 4.78 is 5.73. The van der Waals surface area contributed by atoms with Crippen LogP contribution in [-0.2, 0) is 4.74 Å². The zero-order valence-electron chi connectivity index (χ0n) is 19.0. The molecule has 2 heterocycles. The van der Waals surface area contributed by atoms with E-state index in [1.54, 1.807) is 0 Å². The fourth-order valence-electron chi connectivity index (χ4n) is 5.05. The zero-order chi connectivity index (χ0) is 22.7. The molecule has 2 aromatic carbocycles. The molecule has 3 atom stereocenters. The Bertz CT molecular complexity index is 929. The lowest BCUT2D eigenvalue weighted by Crippen LogP contribution is -2.60. The third-order valence-corrected chi connectivity index (χ3v) is 6.27. The number of hydrogen-bond donors (Lipinski definition) is 0. The molecule has 0 saturated carbocycles. The van der Waals surface area contributed by atoms with Crippen LogP contribution in [0.3, 0.4) is 0 Å². The fourth-order valence-corrected chi connectivity index (χ4v) is 5.05. The van der Waals surface area contributed by atoms with Gasteiger partial charge < -0.3 is 9.64 Å². The number of nitrogens with zero attached hydrogens (tertiary/aromatic N) is 5. The van der Waals surface area contributed by atoms with Crippen LogP contribution in [-0.4, -0.2) is 59.3 Å². The minimum absolute atomic E-state index is 0.0463. The van der Waals surface area contributed by atoms with E-state index in [4.69, 9.17) is 10.3 Å².